The van der Waals surface area contributed by atoms with E-state index in [4.69, 9.17) is 4.74 Å². The first kappa shape index (κ1) is 19.3. The zero-order chi connectivity index (χ0) is 18.6. The Bertz CT molecular complexity index is 734. The van der Waals surface area contributed by atoms with Crippen LogP contribution in [-0.4, -0.2) is 62.4 Å². The second kappa shape index (κ2) is 8.45. The number of benzene rings is 1. The minimum atomic E-state index is -3.80. The molecule has 144 valence electrons. The summed E-state index contributed by atoms with van der Waals surface area (Å²) in [7, 11) is -3.80. The molecular formula is C18H25FN2O4S. The fourth-order valence-corrected chi connectivity index (χ4v) is 5.35. The summed E-state index contributed by atoms with van der Waals surface area (Å²) in [5, 5.41) is 0. The smallest absolute Gasteiger partial charge is 0.243 e. The van der Waals surface area contributed by atoms with E-state index in [1.165, 1.54) is 22.5 Å². The quantitative estimate of drug-likeness (QED) is 0.721. The number of amides is 1. The molecule has 0 spiro atoms. The SMILES string of the molecule is O=C1CCCN1CCCN(C1CCOCC1)S(=O)(=O)c1cccc(F)c1. The van der Waals surface area contributed by atoms with E-state index in [9.17, 15) is 17.6 Å². The monoisotopic (exact) mass is 384 g/mol. The number of hydrogen-bond acceptors (Lipinski definition) is 4. The molecule has 0 atom stereocenters. The van der Waals surface area contributed by atoms with Crippen LogP contribution in [0.25, 0.3) is 0 Å². The molecule has 1 aromatic carbocycles. The lowest BCUT2D eigenvalue weighted by molar-refractivity contribution is -0.127. The topological polar surface area (TPSA) is 66.9 Å². The highest BCUT2D eigenvalue weighted by Gasteiger charge is 2.33. The molecule has 2 saturated heterocycles. The average molecular weight is 384 g/mol. The van der Waals surface area contributed by atoms with Crippen LogP contribution in [0.1, 0.15) is 32.1 Å². The van der Waals surface area contributed by atoms with Gasteiger partial charge in [-0.3, -0.25) is 4.79 Å². The van der Waals surface area contributed by atoms with Crippen molar-refractivity contribution in [2.75, 3.05) is 32.8 Å². The minimum Gasteiger partial charge on any atom is -0.381 e. The lowest BCUT2D eigenvalue weighted by Gasteiger charge is -2.33. The number of halogens is 1. The van der Waals surface area contributed by atoms with Crippen LogP contribution in [0, 0.1) is 5.82 Å². The summed E-state index contributed by atoms with van der Waals surface area (Å²) in [6.45, 7) is 2.65. The van der Waals surface area contributed by atoms with E-state index in [2.05, 4.69) is 0 Å². The predicted octanol–water partition coefficient (Wildman–Crippen LogP) is 2.01. The van der Waals surface area contributed by atoms with Gasteiger partial charge in [0.15, 0.2) is 0 Å². The molecule has 3 rings (SSSR count). The third-order valence-electron chi connectivity index (χ3n) is 4.98. The Morgan fingerprint density at radius 2 is 2.04 bits per heavy atom. The van der Waals surface area contributed by atoms with Crippen molar-refractivity contribution in [2.24, 2.45) is 0 Å². The van der Waals surface area contributed by atoms with E-state index in [-0.39, 0.29) is 16.8 Å². The second-order valence-corrected chi connectivity index (χ2v) is 8.65. The van der Waals surface area contributed by atoms with Gasteiger partial charge in [-0.05, 0) is 43.9 Å². The Labute approximate surface area is 154 Å². The molecule has 0 saturated carbocycles. The summed E-state index contributed by atoms with van der Waals surface area (Å²) in [6.07, 6.45) is 3.25. The number of hydrogen-bond donors (Lipinski definition) is 0. The summed E-state index contributed by atoms with van der Waals surface area (Å²) < 4.78 is 46.6. The second-order valence-electron chi connectivity index (χ2n) is 6.75. The van der Waals surface area contributed by atoms with E-state index in [1.807, 2.05) is 0 Å². The minimum absolute atomic E-state index is 0.0266. The number of nitrogens with zero attached hydrogens (tertiary/aromatic N) is 2. The number of carbonyl (C=O) groups excluding carboxylic acids is 1. The maximum atomic E-state index is 13.6. The van der Waals surface area contributed by atoms with Crippen molar-refractivity contribution in [3.63, 3.8) is 0 Å². The van der Waals surface area contributed by atoms with Gasteiger partial charge in [0.05, 0.1) is 4.90 Å². The molecule has 0 aromatic heterocycles. The molecule has 0 bridgehead atoms. The Morgan fingerprint density at radius 3 is 2.69 bits per heavy atom. The predicted molar refractivity (Wildman–Crippen MR) is 94.6 cm³/mol. The summed E-state index contributed by atoms with van der Waals surface area (Å²) >= 11 is 0. The Kier molecular flexibility index (Phi) is 6.26. The maximum Gasteiger partial charge on any atom is 0.243 e. The first-order valence-corrected chi connectivity index (χ1v) is 10.6. The zero-order valence-electron chi connectivity index (χ0n) is 14.8. The summed E-state index contributed by atoms with van der Waals surface area (Å²) in [6, 6.07) is 4.97. The Balaban J connectivity index is 1.75. The van der Waals surface area contributed by atoms with Gasteiger partial charge < -0.3 is 9.64 Å². The molecule has 26 heavy (non-hydrogen) atoms. The average Bonchev–Trinajstić information content (AvgIpc) is 3.04. The van der Waals surface area contributed by atoms with Gasteiger partial charge in [0.25, 0.3) is 0 Å². The number of ether oxygens (including phenoxy) is 1. The van der Waals surface area contributed by atoms with Gasteiger partial charge in [-0.15, -0.1) is 0 Å². The molecule has 6 nitrogen and oxygen atoms in total. The van der Waals surface area contributed by atoms with Crippen LogP contribution in [0.4, 0.5) is 4.39 Å². The van der Waals surface area contributed by atoms with E-state index in [1.54, 1.807) is 4.90 Å². The van der Waals surface area contributed by atoms with Crippen molar-refractivity contribution >= 4 is 15.9 Å². The molecule has 2 aliphatic heterocycles. The van der Waals surface area contributed by atoms with Gasteiger partial charge in [-0.1, -0.05) is 6.07 Å². The number of carbonyl (C=O) groups is 1. The molecular weight excluding hydrogens is 359 g/mol. The van der Waals surface area contributed by atoms with Crippen molar-refractivity contribution in [3.05, 3.63) is 30.1 Å². The van der Waals surface area contributed by atoms with Crippen molar-refractivity contribution in [1.82, 2.24) is 9.21 Å². The van der Waals surface area contributed by atoms with Gasteiger partial charge in [-0.25, -0.2) is 12.8 Å². The van der Waals surface area contributed by atoms with Crippen molar-refractivity contribution in [2.45, 2.75) is 43.0 Å². The first-order valence-electron chi connectivity index (χ1n) is 9.11. The van der Waals surface area contributed by atoms with E-state index >= 15 is 0 Å². The van der Waals surface area contributed by atoms with E-state index in [0.29, 0.717) is 52.0 Å². The lowest BCUT2D eigenvalue weighted by atomic mass is 10.1. The molecule has 1 aromatic rings. The van der Waals surface area contributed by atoms with Gasteiger partial charge in [-0.2, -0.15) is 4.31 Å². The molecule has 0 radical (unpaired) electrons. The molecule has 0 N–H and O–H groups in total. The number of sulfonamides is 1. The van der Waals surface area contributed by atoms with Gasteiger partial charge in [0.2, 0.25) is 15.9 Å². The van der Waals surface area contributed by atoms with Crippen LogP contribution in [0.5, 0.6) is 0 Å². The van der Waals surface area contributed by atoms with Crippen LogP contribution in [0.15, 0.2) is 29.2 Å². The van der Waals surface area contributed by atoms with Crippen molar-refractivity contribution in [1.29, 1.82) is 0 Å². The molecule has 2 heterocycles. The highest BCUT2D eigenvalue weighted by Crippen LogP contribution is 2.24. The molecule has 8 heteroatoms. The fourth-order valence-electron chi connectivity index (χ4n) is 3.59. The molecule has 2 fully saturated rings. The van der Waals surface area contributed by atoms with E-state index in [0.717, 1.165) is 19.0 Å². The van der Waals surface area contributed by atoms with Crippen LogP contribution >= 0.6 is 0 Å². The third-order valence-corrected chi connectivity index (χ3v) is 6.93. The van der Waals surface area contributed by atoms with Crippen LogP contribution in [0.3, 0.4) is 0 Å². The first-order chi connectivity index (χ1) is 12.5. The van der Waals surface area contributed by atoms with E-state index < -0.39 is 15.8 Å². The third kappa shape index (κ3) is 4.42. The molecule has 0 aliphatic carbocycles. The van der Waals surface area contributed by atoms with Gasteiger partial charge in [0, 0.05) is 45.3 Å². The highest BCUT2D eigenvalue weighted by atomic mass is 32.2. The normalized spacial score (nSPS) is 19.5. The zero-order valence-corrected chi connectivity index (χ0v) is 15.6. The largest absolute Gasteiger partial charge is 0.381 e. The number of likely N-dealkylation sites (tertiary alicyclic amines) is 1. The van der Waals surface area contributed by atoms with Crippen LogP contribution in [0.2, 0.25) is 0 Å². The van der Waals surface area contributed by atoms with Gasteiger partial charge in [0.1, 0.15) is 5.82 Å². The van der Waals surface area contributed by atoms with Crippen LogP contribution < -0.4 is 0 Å². The van der Waals surface area contributed by atoms with Crippen molar-refractivity contribution in [3.8, 4) is 0 Å². The van der Waals surface area contributed by atoms with Crippen LogP contribution in [-0.2, 0) is 19.6 Å². The Morgan fingerprint density at radius 1 is 1.27 bits per heavy atom. The highest BCUT2D eigenvalue weighted by molar-refractivity contribution is 7.89. The molecule has 1 amide bonds. The molecule has 2 aliphatic rings. The number of rotatable bonds is 7. The summed E-state index contributed by atoms with van der Waals surface area (Å²) in [4.78, 5) is 13.5. The fraction of sp³-hybridized carbons (Fsp3) is 0.611. The summed E-state index contributed by atoms with van der Waals surface area (Å²) in [5.74, 6) is -0.434. The standard InChI is InChI=1S/C18H25FN2O4S/c19-15-4-1-5-17(14-15)26(23,24)21(16-7-12-25-13-8-16)11-3-10-20-9-2-6-18(20)22/h1,4-5,14,16H,2-3,6-13H2. The van der Waals surface area contributed by atoms with Gasteiger partial charge >= 0.3 is 0 Å². The summed E-state index contributed by atoms with van der Waals surface area (Å²) in [5.41, 5.74) is 0. The maximum absolute atomic E-state index is 13.6. The lowest BCUT2D eigenvalue weighted by Crippen LogP contribution is -2.44. The molecule has 0 unspecified atom stereocenters. The Hall–Kier alpha value is -1.51. The van der Waals surface area contributed by atoms with Crippen molar-refractivity contribution < 1.29 is 22.3 Å².